The molecule has 0 heterocycles. The third-order valence-corrected chi connectivity index (χ3v) is 4.21. The smallest absolute Gasteiger partial charge is 0.222 e. The van der Waals surface area contributed by atoms with Gasteiger partial charge in [-0.15, -0.1) is 0 Å². The summed E-state index contributed by atoms with van der Waals surface area (Å²) in [5, 5.41) is 0. The molecule has 0 amide bonds. The van der Waals surface area contributed by atoms with Crippen LogP contribution in [0.4, 0.5) is 0 Å². The summed E-state index contributed by atoms with van der Waals surface area (Å²) < 4.78 is 34.2. The Balaban J connectivity index is 4.21. The second-order valence-electron chi connectivity index (χ2n) is 2.47. The van der Waals surface area contributed by atoms with Crippen LogP contribution in [0.25, 0.3) is 0 Å². The van der Waals surface area contributed by atoms with Crippen molar-refractivity contribution in [3.8, 4) is 0 Å². The van der Waals surface area contributed by atoms with Crippen molar-refractivity contribution < 1.29 is 17.9 Å². The highest BCUT2D eigenvalue weighted by molar-refractivity contribution is 9.10. The summed E-state index contributed by atoms with van der Waals surface area (Å²) in [4.78, 5) is 0. The third-order valence-electron chi connectivity index (χ3n) is 1.38. The number of alkyl halides is 1. The molecular weight excluding hydrogens is 262 g/mol. The molecule has 1 atom stereocenters. The average Bonchev–Trinajstić information content (AvgIpc) is 2.06. The van der Waals surface area contributed by atoms with Gasteiger partial charge in [0.25, 0.3) is 0 Å². The maximum Gasteiger partial charge on any atom is 0.222 e. The van der Waals surface area contributed by atoms with Gasteiger partial charge in [-0.3, -0.25) is 0 Å². The van der Waals surface area contributed by atoms with E-state index in [9.17, 15) is 8.42 Å². The molecule has 13 heavy (non-hydrogen) atoms. The quantitative estimate of drug-likeness (QED) is 0.558. The monoisotopic (exact) mass is 275 g/mol. The van der Waals surface area contributed by atoms with E-state index in [1.807, 2.05) is 0 Å². The number of sulfonamides is 1. The molecule has 0 saturated carbocycles. The van der Waals surface area contributed by atoms with Crippen LogP contribution in [-0.4, -0.2) is 39.6 Å². The van der Waals surface area contributed by atoms with Crippen molar-refractivity contribution in [3.05, 3.63) is 0 Å². The van der Waals surface area contributed by atoms with E-state index in [1.54, 1.807) is 6.92 Å². The van der Waals surface area contributed by atoms with E-state index in [0.717, 1.165) is 0 Å². The zero-order valence-electron chi connectivity index (χ0n) is 7.78. The van der Waals surface area contributed by atoms with Crippen molar-refractivity contribution in [1.29, 1.82) is 0 Å². The van der Waals surface area contributed by atoms with Gasteiger partial charge in [0, 0.05) is 14.2 Å². The first-order valence-corrected chi connectivity index (χ1v) is 6.35. The lowest BCUT2D eigenvalue weighted by Gasteiger charge is -2.21. The summed E-state index contributed by atoms with van der Waals surface area (Å²) in [7, 11) is -0.374. The predicted octanol–water partition coefficient (Wildman–Crippen LogP) is 0.266. The van der Waals surface area contributed by atoms with E-state index in [0.29, 0.717) is 0 Å². The van der Waals surface area contributed by atoms with Gasteiger partial charge in [0.1, 0.15) is 4.66 Å². The number of nitrogens with one attached hydrogen (secondary N) is 1. The first-order valence-electron chi connectivity index (χ1n) is 3.58. The largest absolute Gasteiger partial charge is 0.354 e. The maximum atomic E-state index is 11.1. The van der Waals surface area contributed by atoms with Gasteiger partial charge < -0.3 is 9.47 Å². The number of ether oxygens (including phenoxy) is 2. The van der Waals surface area contributed by atoms with Crippen LogP contribution in [0.1, 0.15) is 6.92 Å². The molecule has 0 aliphatic carbocycles. The minimum absolute atomic E-state index is 0.134. The second kappa shape index (κ2) is 5.92. The lowest BCUT2D eigenvalue weighted by atomic mass is 10.3. The van der Waals surface area contributed by atoms with Crippen LogP contribution < -0.4 is 4.72 Å². The fourth-order valence-electron chi connectivity index (χ4n) is 0.875. The van der Waals surface area contributed by atoms with Crippen molar-refractivity contribution in [2.45, 2.75) is 19.3 Å². The Hall–Kier alpha value is 0.310. The zero-order chi connectivity index (χ0) is 10.5. The Kier molecular flexibility index (Phi) is 6.06. The molecule has 1 unspecified atom stereocenters. The van der Waals surface area contributed by atoms with Gasteiger partial charge in [-0.2, -0.15) is 0 Å². The minimum Gasteiger partial charge on any atom is -0.354 e. The van der Waals surface area contributed by atoms with Crippen LogP contribution in [0.5, 0.6) is 0 Å². The highest BCUT2D eigenvalue weighted by atomic mass is 79.9. The first kappa shape index (κ1) is 13.3. The SMILES string of the molecule is COC(OC)C(C)NS(=O)(=O)CBr. The molecule has 0 rings (SSSR count). The fourth-order valence-corrected chi connectivity index (χ4v) is 2.01. The molecule has 0 bridgehead atoms. The average molecular weight is 276 g/mol. The number of rotatable bonds is 6. The third kappa shape index (κ3) is 4.92. The molecular formula is C6H14BrNO4S. The Morgan fingerprint density at radius 1 is 1.38 bits per heavy atom. The van der Waals surface area contributed by atoms with Crippen LogP contribution in [0.3, 0.4) is 0 Å². The Bertz CT molecular complexity index is 227. The lowest BCUT2D eigenvalue weighted by molar-refractivity contribution is -0.115. The lowest BCUT2D eigenvalue weighted by Crippen LogP contribution is -2.43. The predicted molar refractivity (Wildman–Crippen MR) is 53.1 cm³/mol. The van der Waals surface area contributed by atoms with Gasteiger partial charge in [-0.1, -0.05) is 15.9 Å². The van der Waals surface area contributed by atoms with E-state index in [2.05, 4.69) is 20.7 Å². The van der Waals surface area contributed by atoms with Crippen molar-refractivity contribution in [3.63, 3.8) is 0 Å². The normalized spacial score (nSPS) is 14.8. The van der Waals surface area contributed by atoms with Gasteiger partial charge in [0.05, 0.1) is 6.04 Å². The molecule has 0 aliphatic rings. The summed E-state index contributed by atoms with van der Waals surface area (Å²) >= 11 is 2.86. The number of methoxy groups -OCH3 is 2. The summed E-state index contributed by atoms with van der Waals surface area (Å²) in [6, 6.07) is -0.419. The highest BCUT2D eigenvalue weighted by Crippen LogP contribution is 2.01. The molecule has 7 heteroatoms. The molecule has 0 aromatic carbocycles. The van der Waals surface area contributed by atoms with Crippen molar-refractivity contribution in [2.24, 2.45) is 0 Å². The van der Waals surface area contributed by atoms with Crippen LogP contribution in [0, 0.1) is 0 Å². The standard InChI is InChI=1S/C6H14BrNO4S/c1-5(6(11-2)12-3)8-13(9,10)4-7/h5-6,8H,4H2,1-3H3. The summed E-state index contributed by atoms with van der Waals surface area (Å²) in [5.41, 5.74) is 0. The minimum atomic E-state index is -3.28. The molecule has 0 aromatic heterocycles. The van der Waals surface area contributed by atoms with E-state index < -0.39 is 22.4 Å². The van der Waals surface area contributed by atoms with Gasteiger partial charge in [-0.25, -0.2) is 13.1 Å². The Labute approximate surface area is 87.0 Å². The van der Waals surface area contributed by atoms with Gasteiger partial charge in [0.2, 0.25) is 10.0 Å². The Morgan fingerprint density at radius 2 is 1.85 bits per heavy atom. The van der Waals surface area contributed by atoms with Crippen LogP contribution >= 0.6 is 15.9 Å². The highest BCUT2D eigenvalue weighted by Gasteiger charge is 2.20. The molecule has 0 aliphatic heterocycles. The maximum absolute atomic E-state index is 11.1. The van der Waals surface area contributed by atoms with E-state index in [-0.39, 0.29) is 4.66 Å². The van der Waals surface area contributed by atoms with Gasteiger partial charge >= 0.3 is 0 Å². The topological polar surface area (TPSA) is 64.6 Å². The molecule has 80 valence electrons. The van der Waals surface area contributed by atoms with Crippen molar-refractivity contribution in [2.75, 3.05) is 18.9 Å². The summed E-state index contributed by atoms with van der Waals surface area (Å²) in [5.74, 6) is 0. The molecule has 5 nitrogen and oxygen atoms in total. The molecule has 0 spiro atoms. The van der Waals surface area contributed by atoms with E-state index in [1.165, 1.54) is 14.2 Å². The fraction of sp³-hybridized carbons (Fsp3) is 1.00. The van der Waals surface area contributed by atoms with E-state index >= 15 is 0 Å². The van der Waals surface area contributed by atoms with Crippen molar-refractivity contribution >= 4 is 26.0 Å². The van der Waals surface area contributed by atoms with Crippen LogP contribution in [0.15, 0.2) is 0 Å². The first-order chi connectivity index (χ1) is 5.96. The molecule has 0 radical (unpaired) electrons. The number of halogens is 1. The number of hydrogen-bond donors (Lipinski definition) is 1. The van der Waals surface area contributed by atoms with E-state index in [4.69, 9.17) is 9.47 Å². The van der Waals surface area contributed by atoms with Crippen LogP contribution in [0.2, 0.25) is 0 Å². The summed E-state index contributed by atoms with van der Waals surface area (Å²) in [6.07, 6.45) is -0.575. The molecule has 0 saturated heterocycles. The summed E-state index contributed by atoms with van der Waals surface area (Å²) in [6.45, 7) is 1.66. The Morgan fingerprint density at radius 3 is 2.15 bits per heavy atom. The number of hydrogen-bond acceptors (Lipinski definition) is 4. The molecule has 1 N–H and O–H groups in total. The molecule has 0 fully saturated rings. The van der Waals surface area contributed by atoms with Gasteiger partial charge in [0.15, 0.2) is 6.29 Å². The van der Waals surface area contributed by atoms with Gasteiger partial charge in [-0.05, 0) is 6.92 Å². The molecule has 0 aromatic rings. The second-order valence-corrected chi connectivity index (χ2v) is 5.53. The zero-order valence-corrected chi connectivity index (χ0v) is 10.2. The van der Waals surface area contributed by atoms with Crippen molar-refractivity contribution in [1.82, 2.24) is 4.72 Å². The van der Waals surface area contributed by atoms with Crippen LogP contribution in [-0.2, 0) is 19.5 Å².